The first-order valence-corrected chi connectivity index (χ1v) is 6.13. The van der Waals surface area contributed by atoms with Crippen LogP contribution in [0.25, 0.3) is 0 Å². The third-order valence-electron chi connectivity index (χ3n) is 1.97. The van der Waals surface area contributed by atoms with Crippen LogP contribution >= 0.6 is 11.8 Å². The van der Waals surface area contributed by atoms with Gasteiger partial charge in [-0.1, -0.05) is 38.2 Å². The summed E-state index contributed by atoms with van der Waals surface area (Å²) in [5.41, 5.74) is 0. The van der Waals surface area contributed by atoms with Crippen molar-refractivity contribution >= 4 is 11.8 Å². The standard InChI is InChI=1S/C12H22S/c1-5-9-11(7-3)13-12(8-4)10-6-2/h5-6,9-12H,7-8H2,1-4H3. The third kappa shape index (κ3) is 5.98. The van der Waals surface area contributed by atoms with E-state index in [1.165, 1.54) is 12.8 Å². The van der Waals surface area contributed by atoms with E-state index in [1.54, 1.807) is 0 Å². The largest absolute Gasteiger partial charge is 0.147 e. The van der Waals surface area contributed by atoms with Gasteiger partial charge >= 0.3 is 0 Å². The lowest BCUT2D eigenvalue weighted by atomic mass is 10.3. The minimum absolute atomic E-state index is 0.686. The predicted octanol–water partition coefficient (Wildman–Crippen LogP) is 4.43. The van der Waals surface area contributed by atoms with E-state index in [2.05, 4.69) is 63.8 Å². The maximum Gasteiger partial charge on any atom is 0.0230 e. The Bertz CT molecular complexity index is 141. The van der Waals surface area contributed by atoms with Gasteiger partial charge in [-0.25, -0.2) is 0 Å². The van der Waals surface area contributed by atoms with Gasteiger partial charge in [-0.15, -0.1) is 11.8 Å². The second-order valence-electron chi connectivity index (χ2n) is 3.08. The molecule has 0 amide bonds. The SMILES string of the molecule is CC=CC(CC)SC(C=CC)CC. The molecule has 0 fully saturated rings. The monoisotopic (exact) mass is 198 g/mol. The minimum Gasteiger partial charge on any atom is -0.147 e. The van der Waals surface area contributed by atoms with Crippen LogP contribution in [0.1, 0.15) is 40.5 Å². The molecule has 1 heteroatoms. The number of hydrogen-bond acceptors (Lipinski definition) is 1. The lowest BCUT2D eigenvalue weighted by molar-refractivity contribution is 0.932. The van der Waals surface area contributed by atoms with Gasteiger partial charge in [0.25, 0.3) is 0 Å². The van der Waals surface area contributed by atoms with Gasteiger partial charge in [-0.05, 0) is 26.7 Å². The first kappa shape index (κ1) is 12.8. The third-order valence-corrected chi connectivity index (χ3v) is 3.65. The highest BCUT2D eigenvalue weighted by Gasteiger charge is 2.08. The molecular formula is C12H22S. The quantitative estimate of drug-likeness (QED) is 0.569. The summed E-state index contributed by atoms with van der Waals surface area (Å²) in [7, 11) is 0. The average Bonchev–Trinajstić information content (AvgIpc) is 2.16. The van der Waals surface area contributed by atoms with Crippen molar-refractivity contribution in [3.8, 4) is 0 Å². The molecule has 0 saturated heterocycles. The second kappa shape index (κ2) is 8.43. The zero-order chi connectivity index (χ0) is 10.1. The van der Waals surface area contributed by atoms with Gasteiger partial charge < -0.3 is 0 Å². The Morgan fingerprint density at radius 2 is 1.31 bits per heavy atom. The zero-order valence-corrected chi connectivity index (χ0v) is 10.1. The average molecular weight is 198 g/mol. The maximum absolute atomic E-state index is 2.30. The van der Waals surface area contributed by atoms with Crippen molar-refractivity contribution < 1.29 is 0 Å². The summed E-state index contributed by atoms with van der Waals surface area (Å²) in [6.07, 6.45) is 11.4. The summed E-state index contributed by atoms with van der Waals surface area (Å²) in [5, 5.41) is 1.37. The van der Waals surface area contributed by atoms with E-state index < -0.39 is 0 Å². The van der Waals surface area contributed by atoms with Crippen molar-refractivity contribution in [3.05, 3.63) is 24.3 Å². The summed E-state index contributed by atoms with van der Waals surface area (Å²) in [4.78, 5) is 0. The molecule has 0 bridgehead atoms. The van der Waals surface area contributed by atoms with Crippen molar-refractivity contribution in [1.82, 2.24) is 0 Å². The van der Waals surface area contributed by atoms with E-state index in [0.29, 0.717) is 10.5 Å². The van der Waals surface area contributed by atoms with Gasteiger partial charge in [0.2, 0.25) is 0 Å². The number of hydrogen-bond donors (Lipinski definition) is 0. The Morgan fingerprint density at radius 1 is 0.923 bits per heavy atom. The van der Waals surface area contributed by atoms with Crippen LogP contribution in [0.2, 0.25) is 0 Å². The van der Waals surface area contributed by atoms with E-state index in [9.17, 15) is 0 Å². The Hall–Kier alpha value is -0.170. The normalized spacial score (nSPS) is 16.9. The van der Waals surface area contributed by atoms with Gasteiger partial charge in [-0.2, -0.15) is 0 Å². The summed E-state index contributed by atoms with van der Waals surface area (Å²) in [6.45, 7) is 8.69. The van der Waals surface area contributed by atoms with Crippen LogP contribution in [-0.4, -0.2) is 10.5 Å². The molecule has 0 spiro atoms. The van der Waals surface area contributed by atoms with E-state index in [-0.39, 0.29) is 0 Å². The van der Waals surface area contributed by atoms with Crippen LogP contribution < -0.4 is 0 Å². The molecule has 0 aliphatic rings. The lowest BCUT2D eigenvalue weighted by Crippen LogP contribution is -2.05. The number of thioether (sulfide) groups is 1. The molecule has 76 valence electrons. The Kier molecular flexibility index (Phi) is 8.32. The van der Waals surface area contributed by atoms with Crippen LogP contribution in [0.4, 0.5) is 0 Å². The molecule has 0 aromatic carbocycles. The molecule has 0 aliphatic carbocycles. The molecule has 0 nitrogen and oxygen atoms in total. The van der Waals surface area contributed by atoms with E-state index in [1.807, 2.05) is 0 Å². The van der Waals surface area contributed by atoms with Crippen molar-refractivity contribution in [1.29, 1.82) is 0 Å². The molecule has 0 aliphatic heterocycles. The first-order chi connectivity index (χ1) is 6.28. The summed E-state index contributed by atoms with van der Waals surface area (Å²) in [6, 6.07) is 0. The van der Waals surface area contributed by atoms with Crippen LogP contribution in [-0.2, 0) is 0 Å². The molecule has 0 aromatic rings. The summed E-state index contributed by atoms with van der Waals surface area (Å²) >= 11 is 2.07. The maximum atomic E-state index is 2.30. The van der Waals surface area contributed by atoms with Gasteiger partial charge in [-0.3, -0.25) is 0 Å². The predicted molar refractivity (Wildman–Crippen MR) is 65.4 cm³/mol. The fourth-order valence-electron chi connectivity index (χ4n) is 1.21. The van der Waals surface area contributed by atoms with Crippen molar-refractivity contribution in [2.24, 2.45) is 0 Å². The van der Waals surface area contributed by atoms with Crippen LogP contribution in [0.15, 0.2) is 24.3 Å². The summed E-state index contributed by atoms with van der Waals surface area (Å²) < 4.78 is 0. The van der Waals surface area contributed by atoms with Gasteiger partial charge in [0, 0.05) is 10.5 Å². The number of allylic oxidation sites excluding steroid dienone is 2. The highest BCUT2D eigenvalue weighted by atomic mass is 32.2. The van der Waals surface area contributed by atoms with Crippen molar-refractivity contribution in [2.45, 2.75) is 51.0 Å². The molecule has 2 atom stereocenters. The topological polar surface area (TPSA) is 0 Å². The molecule has 0 radical (unpaired) electrons. The molecule has 0 saturated carbocycles. The van der Waals surface area contributed by atoms with E-state index in [0.717, 1.165) is 0 Å². The zero-order valence-electron chi connectivity index (χ0n) is 9.29. The van der Waals surface area contributed by atoms with Gasteiger partial charge in [0.1, 0.15) is 0 Å². The van der Waals surface area contributed by atoms with Gasteiger partial charge in [0.05, 0.1) is 0 Å². The molecule has 2 unspecified atom stereocenters. The van der Waals surface area contributed by atoms with Crippen molar-refractivity contribution in [3.63, 3.8) is 0 Å². The molecule has 0 rings (SSSR count). The number of rotatable bonds is 6. The lowest BCUT2D eigenvalue weighted by Gasteiger charge is -2.15. The summed E-state index contributed by atoms with van der Waals surface area (Å²) in [5.74, 6) is 0. The van der Waals surface area contributed by atoms with Crippen LogP contribution in [0.3, 0.4) is 0 Å². The highest BCUT2D eigenvalue weighted by Crippen LogP contribution is 2.24. The molecule has 0 aromatic heterocycles. The molecular weight excluding hydrogens is 176 g/mol. The Balaban J connectivity index is 4.02. The molecule has 0 heterocycles. The second-order valence-corrected chi connectivity index (χ2v) is 4.56. The van der Waals surface area contributed by atoms with Crippen LogP contribution in [0.5, 0.6) is 0 Å². The fraction of sp³-hybridized carbons (Fsp3) is 0.667. The Labute approximate surface area is 87.5 Å². The minimum atomic E-state index is 0.686. The smallest absolute Gasteiger partial charge is 0.0230 e. The Morgan fingerprint density at radius 3 is 1.54 bits per heavy atom. The molecule has 13 heavy (non-hydrogen) atoms. The van der Waals surface area contributed by atoms with Gasteiger partial charge in [0.15, 0.2) is 0 Å². The fourth-order valence-corrected chi connectivity index (χ4v) is 2.54. The van der Waals surface area contributed by atoms with Crippen molar-refractivity contribution in [2.75, 3.05) is 0 Å². The van der Waals surface area contributed by atoms with E-state index >= 15 is 0 Å². The van der Waals surface area contributed by atoms with Crippen LogP contribution in [0, 0.1) is 0 Å². The highest BCUT2D eigenvalue weighted by molar-refractivity contribution is 8.00. The first-order valence-electron chi connectivity index (χ1n) is 5.19. The molecule has 0 N–H and O–H groups in total. The van der Waals surface area contributed by atoms with E-state index in [4.69, 9.17) is 0 Å².